The van der Waals surface area contributed by atoms with Crippen molar-refractivity contribution in [3.8, 4) is 22.9 Å². The van der Waals surface area contributed by atoms with E-state index in [0.29, 0.717) is 56.1 Å². The van der Waals surface area contributed by atoms with Crippen molar-refractivity contribution in [3.63, 3.8) is 0 Å². The van der Waals surface area contributed by atoms with E-state index in [0.717, 1.165) is 4.68 Å². The van der Waals surface area contributed by atoms with Gasteiger partial charge in [-0.3, -0.25) is 18.7 Å². The zero-order valence-corrected chi connectivity index (χ0v) is 24.0. The molecule has 2 fully saturated rings. The maximum absolute atomic E-state index is 13.6. The third-order valence-electron chi connectivity index (χ3n) is 7.93. The number of piperazine rings is 1. The number of halogens is 3. The lowest BCUT2D eigenvalue weighted by molar-refractivity contribution is -0.147. The minimum absolute atomic E-state index is 0.0742. The number of aliphatic hydroxyl groups excluding tert-OH is 1. The summed E-state index contributed by atoms with van der Waals surface area (Å²) in [7, 11) is 1.41. The number of aromatic nitrogens is 5. The molecule has 2 amide bonds. The molecule has 5 heterocycles. The van der Waals surface area contributed by atoms with Gasteiger partial charge in [0, 0.05) is 64.0 Å². The first-order valence-corrected chi connectivity index (χ1v) is 14.1. The largest absolute Gasteiger partial charge is 0.436 e. The molecular weight excluding hydrogens is 583 g/mol. The molecule has 12 nitrogen and oxygen atoms in total. The summed E-state index contributed by atoms with van der Waals surface area (Å²) in [6.45, 7) is 3.84. The number of ether oxygens (including phenoxy) is 2. The van der Waals surface area contributed by atoms with E-state index in [1.807, 2.05) is 0 Å². The maximum Gasteiger partial charge on any atom is 0.435 e. The number of nitrogens with zero attached hydrogens (tertiary/aromatic N) is 7. The number of fused-ring (bicyclic) bond motifs is 1. The van der Waals surface area contributed by atoms with Gasteiger partial charge in [0.25, 0.3) is 11.8 Å². The summed E-state index contributed by atoms with van der Waals surface area (Å²) >= 11 is 0. The molecule has 0 bridgehead atoms. The van der Waals surface area contributed by atoms with Crippen molar-refractivity contribution in [2.24, 2.45) is 13.0 Å². The molecule has 0 saturated carbocycles. The molecular formula is C29H30F3N7O5. The molecule has 4 aromatic rings. The van der Waals surface area contributed by atoms with Crippen LogP contribution in [0, 0.1) is 12.8 Å². The summed E-state index contributed by atoms with van der Waals surface area (Å²) in [5, 5.41) is 13.7. The van der Waals surface area contributed by atoms with Crippen LogP contribution in [0.15, 0.2) is 43.0 Å². The van der Waals surface area contributed by atoms with Crippen molar-refractivity contribution in [2.45, 2.75) is 25.6 Å². The summed E-state index contributed by atoms with van der Waals surface area (Å²) in [4.78, 5) is 38.1. The van der Waals surface area contributed by atoms with Crippen LogP contribution in [0.2, 0.25) is 0 Å². The number of amides is 2. The van der Waals surface area contributed by atoms with Crippen molar-refractivity contribution in [3.05, 3.63) is 59.8 Å². The third-order valence-corrected chi connectivity index (χ3v) is 7.93. The first kappa shape index (κ1) is 29.6. The van der Waals surface area contributed by atoms with Gasteiger partial charge in [-0.25, -0.2) is 9.97 Å². The minimum atomic E-state index is -4.65. The second kappa shape index (κ2) is 11.5. The second-order valence-corrected chi connectivity index (χ2v) is 10.9. The van der Waals surface area contributed by atoms with E-state index in [1.54, 1.807) is 34.9 Å². The van der Waals surface area contributed by atoms with E-state index >= 15 is 0 Å². The lowest BCUT2D eigenvalue weighted by Gasteiger charge is -2.38. The molecule has 0 spiro atoms. The average Bonchev–Trinajstić information content (AvgIpc) is 3.61. The number of alkyl halides is 3. The van der Waals surface area contributed by atoms with Gasteiger partial charge in [-0.2, -0.15) is 18.3 Å². The Kier molecular flexibility index (Phi) is 7.75. The highest BCUT2D eigenvalue weighted by molar-refractivity contribution is 5.96. The average molecular weight is 614 g/mol. The van der Waals surface area contributed by atoms with E-state index in [1.165, 1.54) is 36.2 Å². The Labute approximate surface area is 249 Å². The summed E-state index contributed by atoms with van der Waals surface area (Å²) in [5.41, 5.74) is 0.353. The molecule has 6 rings (SSSR count). The van der Waals surface area contributed by atoms with E-state index in [4.69, 9.17) is 9.47 Å². The Morgan fingerprint density at radius 3 is 2.57 bits per heavy atom. The van der Waals surface area contributed by atoms with E-state index in [9.17, 15) is 27.9 Å². The van der Waals surface area contributed by atoms with Crippen LogP contribution >= 0.6 is 0 Å². The Hall–Kier alpha value is -4.50. The summed E-state index contributed by atoms with van der Waals surface area (Å²) in [6.07, 6.45) is 0.479. The van der Waals surface area contributed by atoms with E-state index < -0.39 is 23.9 Å². The number of benzene rings is 1. The van der Waals surface area contributed by atoms with Gasteiger partial charge in [-0.1, -0.05) is 0 Å². The van der Waals surface area contributed by atoms with Crippen LogP contribution in [0.4, 0.5) is 13.2 Å². The van der Waals surface area contributed by atoms with Gasteiger partial charge in [0.1, 0.15) is 5.75 Å². The normalized spacial score (nSPS) is 19.4. The SMILES string of the molecule is Cc1cc(Oc2nccn3c(-c4cn(C)nc4C(F)(F)F)cnc23)ccc1C(=O)N1CCN(C(=O)[C@H]2CCOC[C@H]2O)CC1. The molecule has 0 radical (unpaired) electrons. The highest BCUT2D eigenvalue weighted by Gasteiger charge is 2.38. The molecule has 232 valence electrons. The molecule has 1 aromatic carbocycles. The highest BCUT2D eigenvalue weighted by Crippen LogP contribution is 2.37. The van der Waals surface area contributed by atoms with Crippen LogP contribution < -0.4 is 4.74 Å². The van der Waals surface area contributed by atoms with Gasteiger partial charge in [0.2, 0.25) is 11.6 Å². The topological polar surface area (TPSA) is 127 Å². The van der Waals surface area contributed by atoms with Crippen LogP contribution in [0.25, 0.3) is 16.9 Å². The van der Waals surface area contributed by atoms with Crippen LogP contribution in [0.5, 0.6) is 11.6 Å². The lowest BCUT2D eigenvalue weighted by Crippen LogP contribution is -2.54. The van der Waals surface area contributed by atoms with Gasteiger partial charge in [-0.15, -0.1) is 0 Å². The van der Waals surface area contributed by atoms with Crippen LogP contribution in [0.3, 0.4) is 0 Å². The van der Waals surface area contributed by atoms with Crippen molar-refractivity contribution >= 4 is 17.5 Å². The molecule has 1 N–H and O–H groups in total. The lowest BCUT2D eigenvalue weighted by atomic mass is 9.95. The van der Waals surface area contributed by atoms with Crippen molar-refractivity contribution in [1.82, 2.24) is 33.9 Å². The molecule has 44 heavy (non-hydrogen) atoms. The summed E-state index contributed by atoms with van der Waals surface area (Å²) in [6, 6.07) is 4.94. The number of imidazole rings is 1. The first-order valence-electron chi connectivity index (χ1n) is 14.1. The molecule has 15 heteroatoms. The van der Waals surface area contributed by atoms with E-state index in [2.05, 4.69) is 15.1 Å². The standard InChI is InChI=1S/C29H30F3N7O5/c1-17-13-18(3-4-19(17)27(41)37-8-10-38(11-9-37)28(42)20-5-12-43-16-23(20)40)44-26-25-34-14-22(39(25)7-6-33-26)21-15-36(2)35-24(21)29(30,31)32/h3-4,6-7,13-15,20,23,40H,5,8-12,16H2,1-2H3/t20-,23+/m0/s1. The van der Waals surface area contributed by atoms with Crippen LogP contribution in [0.1, 0.15) is 28.0 Å². The number of carbonyl (C=O) groups excluding carboxylic acids is 2. The number of hydrogen-bond donors (Lipinski definition) is 1. The van der Waals surface area contributed by atoms with Gasteiger partial charge in [-0.05, 0) is 37.1 Å². The number of aliphatic hydroxyl groups is 1. The molecule has 0 aliphatic carbocycles. The Morgan fingerprint density at radius 2 is 1.86 bits per heavy atom. The second-order valence-electron chi connectivity index (χ2n) is 10.9. The Bertz CT molecular complexity index is 1710. The zero-order valence-electron chi connectivity index (χ0n) is 24.0. The maximum atomic E-state index is 13.6. The number of hydrogen-bond acceptors (Lipinski definition) is 8. The smallest absolute Gasteiger partial charge is 0.435 e. The molecule has 2 aliphatic rings. The Morgan fingerprint density at radius 1 is 1.11 bits per heavy atom. The van der Waals surface area contributed by atoms with Crippen LogP contribution in [-0.2, 0) is 22.8 Å². The van der Waals surface area contributed by atoms with Gasteiger partial charge in [0.05, 0.1) is 36.1 Å². The quantitative estimate of drug-likeness (QED) is 0.364. The fourth-order valence-corrected chi connectivity index (χ4v) is 5.65. The fourth-order valence-electron chi connectivity index (χ4n) is 5.65. The van der Waals surface area contributed by atoms with Crippen molar-refractivity contribution in [1.29, 1.82) is 0 Å². The number of rotatable bonds is 5. The highest BCUT2D eigenvalue weighted by atomic mass is 19.4. The number of carbonyl (C=O) groups is 2. The zero-order chi connectivity index (χ0) is 31.2. The monoisotopic (exact) mass is 613 g/mol. The molecule has 2 aliphatic heterocycles. The van der Waals surface area contributed by atoms with Crippen molar-refractivity contribution < 1.29 is 37.3 Å². The van der Waals surface area contributed by atoms with Gasteiger partial charge >= 0.3 is 6.18 Å². The fraction of sp³-hybridized carbons (Fsp3) is 0.414. The van der Waals surface area contributed by atoms with Crippen molar-refractivity contribution in [2.75, 3.05) is 39.4 Å². The molecule has 0 unspecified atom stereocenters. The van der Waals surface area contributed by atoms with Gasteiger partial charge in [0.15, 0.2) is 5.69 Å². The van der Waals surface area contributed by atoms with Gasteiger partial charge < -0.3 is 24.4 Å². The summed E-state index contributed by atoms with van der Waals surface area (Å²) in [5.74, 6) is -0.332. The van der Waals surface area contributed by atoms with E-state index in [-0.39, 0.29) is 41.2 Å². The molecule has 2 saturated heterocycles. The predicted octanol–water partition coefficient (Wildman–Crippen LogP) is 2.93. The van der Waals surface area contributed by atoms with Crippen LogP contribution in [-0.4, -0.2) is 96.4 Å². The number of aryl methyl sites for hydroxylation is 2. The first-order chi connectivity index (χ1) is 21.0. The third kappa shape index (κ3) is 5.59. The molecule has 3 aromatic heterocycles. The summed E-state index contributed by atoms with van der Waals surface area (Å²) < 4.78 is 54.6. The predicted molar refractivity (Wildman–Crippen MR) is 149 cm³/mol. The Balaban J connectivity index is 1.15. The molecule has 2 atom stereocenters. The minimum Gasteiger partial charge on any atom is -0.436 e.